The van der Waals surface area contributed by atoms with E-state index in [0.29, 0.717) is 23.7 Å². The molecule has 0 spiro atoms. The Morgan fingerprint density at radius 3 is 2.41 bits per heavy atom. The van der Waals surface area contributed by atoms with Gasteiger partial charge in [-0.3, -0.25) is 10.2 Å². The number of aromatic nitrogens is 4. The van der Waals surface area contributed by atoms with Crippen LogP contribution in [-0.2, 0) is 4.74 Å². The molecule has 11 heteroatoms. The van der Waals surface area contributed by atoms with Crippen LogP contribution in [0.15, 0.2) is 73.1 Å². The number of methoxy groups -OCH3 is 1. The Bertz CT molecular complexity index is 1410. The van der Waals surface area contributed by atoms with E-state index in [1.165, 1.54) is 5.56 Å². The van der Waals surface area contributed by atoms with Gasteiger partial charge in [0.1, 0.15) is 18.1 Å². The molecule has 2 aromatic heterocycles. The summed E-state index contributed by atoms with van der Waals surface area (Å²) >= 11 is 0. The molecular weight excluding hydrogens is 522 g/mol. The molecule has 0 unspecified atom stereocenters. The van der Waals surface area contributed by atoms with Crippen LogP contribution in [-0.4, -0.2) is 88.4 Å². The van der Waals surface area contributed by atoms with Gasteiger partial charge in [-0.05, 0) is 24.6 Å². The molecule has 0 radical (unpaired) electrons. The normalized spacial score (nSPS) is 17.0. The van der Waals surface area contributed by atoms with Crippen molar-refractivity contribution >= 4 is 11.8 Å². The van der Waals surface area contributed by atoms with Crippen molar-refractivity contribution in [2.24, 2.45) is 0 Å². The highest BCUT2D eigenvalue weighted by Crippen LogP contribution is 2.31. The van der Waals surface area contributed by atoms with Gasteiger partial charge in [-0.25, -0.2) is 19.4 Å². The molecule has 4 aromatic rings. The van der Waals surface area contributed by atoms with Crippen LogP contribution < -0.4 is 15.4 Å². The van der Waals surface area contributed by atoms with Crippen LogP contribution in [0, 0.1) is 6.92 Å². The highest BCUT2D eigenvalue weighted by atomic mass is 16.5. The molecule has 2 atom stereocenters. The minimum absolute atomic E-state index is 0.0815. The first-order chi connectivity index (χ1) is 20.1. The number of aliphatic hydroxyl groups is 1. The molecule has 0 saturated carbocycles. The molecule has 3 heterocycles. The van der Waals surface area contributed by atoms with Gasteiger partial charge in [0.25, 0.3) is 0 Å². The zero-order valence-electron chi connectivity index (χ0n) is 23.2. The summed E-state index contributed by atoms with van der Waals surface area (Å²) in [6.45, 7) is 4.89. The number of hydrogen-bond acceptors (Lipinski definition) is 8. The molecule has 0 aliphatic carbocycles. The van der Waals surface area contributed by atoms with E-state index in [1.54, 1.807) is 24.2 Å². The van der Waals surface area contributed by atoms with Gasteiger partial charge in [-0.15, -0.1) is 0 Å². The molecule has 214 valence electrons. The number of rotatable bonds is 11. The average molecular weight is 558 g/mol. The van der Waals surface area contributed by atoms with E-state index in [2.05, 4.69) is 37.6 Å². The maximum Gasteiger partial charge on any atom is 0.320 e. The third-order valence-corrected chi connectivity index (χ3v) is 7.13. The number of carbonyl (C=O) groups excluding carboxylic acids is 1. The first-order valence-electron chi connectivity index (χ1n) is 13.6. The number of nitrogens with zero attached hydrogens (tertiary/aromatic N) is 5. The van der Waals surface area contributed by atoms with Crippen LogP contribution in [0.3, 0.4) is 0 Å². The number of amides is 2. The Balaban J connectivity index is 1.40. The molecule has 2 aromatic carbocycles. The molecule has 11 nitrogen and oxygen atoms in total. The number of benzene rings is 2. The first-order valence-corrected chi connectivity index (χ1v) is 13.6. The number of likely N-dealkylation sites (tertiary alicyclic amines) is 1. The highest BCUT2D eigenvalue weighted by molar-refractivity contribution is 5.91. The number of para-hydroxylation sites is 1. The van der Waals surface area contributed by atoms with Crippen molar-refractivity contribution in [3.63, 3.8) is 0 Å². The minimum Gasteiger partial charge on any atom is -0.461 e. The van der Waals surface area contributed by atoms with E-state index in [4.69, 9.17) is 19.7 Å². The number of carbonyl (C=O) groups is 1. The lowest BCUT2D eigenvalue weighted by Gasteiger charge is -2.21. The maximum absolute atomic E-state index is 13.5. The van der Waals surface area contributed by atoms with Gasteiger partial charge in [-0.1, -0.05) is 48.5 Å². The Hall–Kier alpha value is -4.32. The van der Waals surface area contributed by atoms with Crippen molar-refractivity contribution in [2.45, 2.75) is 18.9 Å². The van der Waals surface area contributed by atoms with E-state index in [1.807, 2.05) is 55.5 Å². The van der Waals surface area contributed by atoms with Crippen LogP contribution >= 0.6 is 0 Å². The Labute approximate surface area is 239 Å². The fourth-order valence-electron chi connectivity index (χ4n) is 5.11. The summed E-state index contributed by atoms with van der Waals surface area (Å²) in [6.07, 6.45) is 3.23. The summed E-state index contributed by atoms with van der Waals surface area (Å²) in [7, 11) is 1.70. The number of aliphatic hydroxyl groups excluding tert-OH is 1. The van der Waals surface area contributed by atoms with Gasteiger partial charge < -0.3 is 19.9 Å². The molecule has 1 fully saturated rings. The second-order valence-corrected chi connectivity index (χ2v) is 9.87. The molecule has 1 aliphatic heterocycles. The Morgan fingerprint density at radius 1 is 1.02 bits per heavy atom. The van der Waals surface area contributed by atoms with Crippen molar-refractivity contribution in [3.05, 3.63) is 84.2 Å². The van der Waals surface area contributed by atoms with E-state index < -0.39 is 0 Å². The van der Waals surface area contributed by atoms with E-state index in [9.17, 15) is 4.79 Å². The quantitative estimate of drug-likeness (QED) is 0.257. The topological polar surface area (TPSA) is 127 Å². The Kier molecular flexibility index (Phi) is 9.19. The van der Waals surface area contributed by atoms with Crippen LogP contribution in [0.2, 0.25) is 0 Å². The molecule has 5 rings (SSSR count). The maximum atomic E-state index is 13.5. The molecule has 2 amide bonds. The standard InChI is InChI=1S/C30H35N7O4/c1-21-27(23-17-31-30(32-18-23)41-16-14-38)35-37(24-11-7-4-8-12-24)28(21)34-29(39)33-26-20-36(13-15-40-2)19-25(26)22-9-5-3-6-10-22/h3-12,17-18,25-26,38H,13-16,19-20H2,1-2H3,(H2,33,34,39)/t25-,26+/m0/s1. The molecule has 3 N–H and O–H groups in total. The predicted molar refractivity (Wildman–Crippen MR) is 155 cm³/mol. The SMILES string of the molecule is COCCN1C[C@@H](NC(=O)Nc2c(C)c(-c3cnc(OCCO)nc3)nn2-c2ccccc2)[C@H](c2ccccc2)C1. The lowest BCUT2D eigenvalue weighted by molar-refractivity contribution is 0.159. The largest absolute Gasteiger partial charge is 0.461 e. The minimum atomic E-state index is -0.305. The van der Waals surface area contributed by atoms with Crippen LogP contribution in [0.4, 0.5) is 10.6 Å². The van der Waals surface area contributed by atoms with Gasteiger partial charge in [0.15, 0.2) is 0 Å². The van der Waals surface area contributed by atoms with Crippen LogP contribution in [0.5, 0.6) is 6.01 Å². The number of nitrogens with one attached hydrogen (secondary N) is 2. The van der Waals surface area contributed by atoms with Crippen molar-refractivity contribution in [3.8, 4) is 23.0 Å². The first kappa shape index (κ1) is 28.2. The Morgan fingerprint density at radius 2 is 1.73 bits per heavy atom. The third-order valence-electron chi connectivity index (χ3n) is 7.13. The fraction of sp³-hybridized carbons (Fsp3) is 0.333. The lowest BCUT2D eigenvalue weighted by atomic mass is 9.94. The second kappa shape index (κ2) is 13.4. The summed E-state index contributed by atoms with van der Waals surface area (Å²) in [5.74, 6) is 0.702. The smallest absolute Gasteiger partial charge is 0.320 e. The third kappa shape index (κ3) is 6.71. The number of anilines is 1. The van der Waals surface area contributed by atoms with Gasteiger partial charge >= 0.3 is 12.0 Å². The summed E-state index contributed by atoms with van der Waals surface area (Å²) < 4.78 is 12.3. The second-order valence-electron chi connectivity index (χ2n) is 9.87. The van der Waals surface area contributed by atoms with Crippen LogP contribution in [0.1, 0.15) is 17.0 Å². The average Bonchev–Trinajstić information content (AvgIpc) is 3.56. The van der Waals surface area contributed by atoms with Gasteiger partial charge in [0.05, 0.1) is 24.9 Å². The zero-order chi connectivity index (χ0) is 28.6. The summed E-state index contributed by atoms with van der Waals surface area (Å²) in [5, 5.41) is 20.1. The van der Waals surface area contributed by atoms with Gasteiger partial charge in [0, 0.05) is 56.2 Å². The predicted octanol–water partition coefficient (Wildman–Crippen LogP) is 3.24. The van der Waals surface area contributed by atoms with Crippen molar-refractivity contribution in [1.29, 1.82) is 0 Å². The summed E-state index contributed by atoms with van der Waals surface area (Å²) in [6, 6.07) is 19.7. The summed E-state index contributed by atoms with van der Waals surface area (Å²) in [4.78, 5) is 24.3. The number of hydrogen-bond donors (Lipinski definition) is 3. The highest BCUT2D eigenvalue weighted by Gasteiger charge is 2.35. The van der Waals surface area contributed by atoms with Gasteiger partial charge in [0.2, 0.25) is 0 Å². The van der Waals surface area contributed by atoms with Crippen molar-refractivity contribution < 1.29 is 19.4 Å². The number of ether oxygens (including phenoxy) is 2. The molecule has 1 aliphatic rings. The van der Waals surface area contributed by atoms with Crippen molar-refractivity contribution in [1.82, 2.24) is 30.0 Å². The van der Waals surface area contributed by atoms with Gasteiger partial charge in [-0.2, -0.15) is 5.10 Å². The van der Waals surface area contributed by atoms with Crippen molar-refractivity contribution in [2.75, 3.05) is 51.9 Å². The molecule has 0 bridgehead atoms. The lowest BCUT2D eigenvalue weighted by Crippen LogP contribution is -2.42. The number of urea groups is 1. The van der Waals surface area contributed by atoms with Crippen LogP contribution in [0.25, 0.3) is 16.9 Å². The molecule has 41 heavy (non-hydrogen) atoms. The summed E-state index contributed by atoms with van der Waals surface area (Å²) in [5.41, 5.74) is 4.06. The van der Waals surface area contributed by atoms with E-state index in [0.717, 1.165) is 30.9 Å². The monoisotopic (exact) mass is 557 g/mol. The molecular formula is C30H35N7O4. The zero-order valence-corrected chi connectivity index (χ0v) is 23.2. The molecule has 1 saturated heterocycles. The van der Waals surface area contributed by atoms with E-state index in [-0.39, 0.29) is 37.2 Å². The van der Waals surface area contributed by atoms with E-state index >= 15 is 0 Å². The fourth-order valence-corrected chi connectivity index (χ4v) is 5.11.